The molecule has 174 valence electrons. The normalized spacial score (nSPS) is 16.2. The van der Waals surface area contributed by atoms with Crippen molar-refractivity contribution in [2.45, 2.75) is 58.3 Å². The van der Waals surface area contributed by atoms with Gasteiger partial charge in [0.05, 0.1) is 11.4 Å². The maximum atomic E-state index is 4.96. The largest absolute Gasteiger partial charge is 0.315 e. The Hall–Kier alpha value is -2.60. The van der Waals surface area contributed by atoms with Gasteiger partial charge in [0.2, 0.25) is 0 Å². The third kappa shape index (κ3) is 8.35. The van der Waals surface area contributed by atoms with E-state index in [1.807, 2.05) is 18.3 Å². The molecule has 5 nitrogen and oxygen atoms in total. The number of nitrogens with one attached hydrogen (secondary N) is 2. The Morgan fingerprint density at radius 3 is 2.64 bits per heavy atom. The fourth-order valence-corrected chi connectivity index (χ4v) is 4.41. The predicted octanol–water partition coefficient (Wildman–Crippen LogP) is 4.47. The Balaban J connectivity index is 1.38. The van der Waals surface area contributed by atoms with E-state index < -0.39 is 0 Å². The summed E-state index contributed by atoms with van der Waals surface area (Å²) in [6.07, 6.45) is 8.04. The highest BCUT2D eigenvalue weighted by atomic mass is 15.1. The molecule has 4 rings (SSSR count). The average Bonchev–Trinajstić information content (AvgIpc) is 2.84. The molecule has 0 radical (unpaired) electrons. The Kier molecular flexibility index (Phi) is 9.41. The van der Waals surface area contributed by atoms with Gasteiger partial charge in [-0.2, -0.15) is 0 Å². The number of rotatable bonds is 6. The molecule has 0 saturated heterocycles. The average molecular weight is 444 g/mol. The SMILES string of the molecule is c1ccc(CNCc2cccc(CN3CCNCCCCCCc4cccc(n4)C3)c2)nc1. The van der Waals surface area contributed by atoms with E-state index in [0.717, 1.165) is 57.9 Å². The van der Waals surface area contributed by atoms with Crippen molar-refractivity contribution in [2.75, 3.05) is 19.6 Å². The van der Waals surface area contributed by atoms with E-state index in [-0.39, 0.29) is 0 Å². The van der Waals surface area contributed by atoms with E-state index in [9.17, 15) is 0 Å². The molecule has 0 saturated carbocycles. The van der Waals surface area contributed by atoms with Gasteiger partial charge in [0, 0.05) is 51.2 Å². The molecule has 2 aromatic heterocycles. The molecule has 0 aliphatic carbocycles. The van der Waals surface area contributed by atoms with Gasteiger partial charge in [0.25, 0.3) is 0 Å². The molecular formula is C28H37N5. The first-order valence-corrected chi connectivity index (χ1v) is 12.4. The minimum Gasteiger partial charge on any atom is -0.315 e. The van der Waals surface area contributed by atoms with Crippen molar-refractivity contribution in [2.24, 2.45) is 0 Å². The lowest BCUT2D eigenvalue weighted by Gasteiger charge is -2.23. The summed E-state index contributed by atoms with van der Waals surface area (Å²) in [7, 11) is 0. The minimum absolute atomic E-state index is 0.783. The molecule has 0 spiro atoms. The summed E-state index contributed by atoms with van der Waals surface area (Å²) < 4.78 is 0. The number of hydrogen-bond acceptors (Lipinski definition) is 5. The van der Waals surface area contributed by atoms with Crippen molar-refractivity contribution in [3.8, 4) is 0 Å². The molecule has 1 aliphatic heterocycles. The van der Waals surface area contributed by atoms with Crippen LogP contribution in [-0.4, -0.2) is 34.5 Å². The molecule has 3 heterocycles. The highest BCUT2D eigenvalue weighted by molar-refractivity contribution is 5.24. The zero-order chi connectivity index (χ0) is 22.6. The van der Waals surface area contributed by atoms with E-state index in [4.69, 9.17) is 4.98 Å². The quantitative estimate of drug-likeness (QED) is 0.589. The minimum atomic E-state index is 0.783. The number of benzene rings is 1. The van der Waals surface area contributed by atoms with Crippen LogP contribution >= 0.6 is 0 Å². The summed E-state index contributed by atoms with van der Waals surface area (Å²) in [5.74, 6) is 0. The number of aromatic nitrogens is 2. The van der Waals surface area contributed by atoms with Gasteiger partial charge in [-0.15, -0.1) is 0 Å². The number of pyridine rings is 2. The fourth-order valence-electron chi connectivity index (χ4n) is 4.41. The van der Waals surface area contributed by atoms with Gasteiger partial charge >= 0.3 is 0 Å². The summed E-state index contributed by atoms with van der Waals surface area (Å²) in [6.45, 7) is 6.60. The molecule has 33 heavy (non-hydrogen) atoms. The highest BCUT2D eigenvalue weighted by Crippen LogP contribution is 2.13. The molecular weight excluding hydrogens is 406 g/mol. The number of aryl methyl sites for hydroxylation is 1. The Labute approximate surface area is 198 Å². The van der Waals surface area contributed by atoms with Gasteiger partial charge in [0.1, 0.15) is 0 Å². The summed E-state index contributed by atoms with van der Waals surface area (Å²) in [6, 6.07) is 21.5. The molecule has 2 N–H and O–H groups in total. The third-order valence-electron chi connectivity index (χ3n) is 6.15. The van der Waals surface area contributed by atoms with E-state index in [1.165, 1.54) is 48.2 Å². The van der Waals surface area contributed by atoms with E-state index in [1.54, 1.807) is 0 Å². The number of fused-ring (bicyclic) bond motifs is 2. The first kappa shape index (κ1) is 23.6. The molecule has 3 aromatic rings. The third-order valence-corrected chi connectivity index (χ3v) is 6.15. The molecule has 5 heteroatoms. The molecule has 1 aliphatic rings. The van der Waals surface area contributed by atoms with Crippen LogP contribution in [0.5, 0.6) is 0 Å². The van der Waals surface area contributed by atoms with Crippen LogP contribution in [0.25, 0.3) is 0 Å². The highest BCUT2D eigenvalue weighted by Gasteiger charge is 2.10. The summed E-state index contributed by atoms with van der Waals surface area (Å²) >= 11 is 0. The van der Waals surface area contributed by atoms with Gasteiger partial charge in [-0.3, -0.25) is 14.9 Å². The van der Waals surface area contributed by atoms with Crippen LogP contribution in [-0.2, 0) is 32.6 Å². The van der Waals surface area contributed by atoms with Crippen LogP contribution < -0.4 is 10.6 Å². The first-order chi connectivity index (χ1) is 16.3. The summed E-state index contributed by atoms with van der Waals surface area (Å²) in [4.78, 5) is 11.9. The second-order valence-electron chi connectivity index (χ2n) is 8.99. The summed E-state index contributed by atoms with van der Waals surface area (Å²) in [5, 5.41) is 7.15. The maximum Gasteiger partial charge on any atom is 0.0547 e. The lowest BCUT2D eigenvalue weighted by Crippen LogP contribution is -2.32. The number of nitrogens with zero attached hydrogens (tertiary/aromatic N) is 3. The molecule has 1 aromatic carbocycles. The Morgan fingerprint density at radius 2 is 1.70 bits per heavy atom. The summed E-state index contributed by atoms with van der Waals surface area (Å²) in [5.41, 5.74) is 6.15. The van der Waals surface area contributed by atoms with Gasteiger partial charge in [-0.25, -0.2) is 0 Å². The maximum absolute atomic E-state index is 4.96. The van der Waals surface area contributed by atoms with E-state index in [2.05, 4.69) is 69.0 Å². The Morgan fingerprint density at radius 1 is 0.818 bits per heavy atom. The zero-order valence-corrected chi connectivity index (χ0v) is 19.7. The molecule has 0 fully saturated rings. The second-order valence-corrected chi connectivity index (χ2v) is 8.99. The van der Waals surface area contributed by atoms with Crippen molar-refractivity contribution < 1.29 is 0 Å². The van der Waals surface area contributed by atoms with Gasteiger partial charge in [0.15, 0.2) is 0 Å². The topological polar surface area (TPSA) is 53.1 Å². The molecule has 0 atom stereocenters. The van der Waals surface area contributed by atoms with Crippen LogP contribution in [0.2, 0.25) is 0 Å². The van der Waals surface area contributed by atoms with Crippen molar-refractivity contribution >= 4 is 0 Å². The van der Waals surface area contributed by atoms with Gasteiger partial charge < -0.3 is 10.6 Å². The zero-order valence-electron chi connectivity index (χ0n) is 19.7. The monoisotopic (exact) mass is 443 g/mol. The van der Waals surface area contributed by atoms with E-state index >= 15 is 0 Å². The predicted molar refractivity (Wildman–Crippen MR) is 135 cm³/mol. The second kappa shape index (κ2) is 13.2. The van der Waals surface area contributed by atoms with Crippen LogP contribution in [0.3, 0.4) is 0 Å². The van der Waals surface area contributed by atoms with Gasteiger partial charge in [-0.1, -0.05) is 49.2 Å². The lowest BCUT2D eigenvalue weighted by molar-refractivity contribution is 0.253. The van der Waals surface area contributed by atoms with Crippen LogP contribution in [0, 0.1) is 0 Å². The van der Waals surface area contributed by atoms with Crippen molar-refractivity contribution in [1.29, 1.82) is 0 Å². The van der Waals surface area contributed by atoms with Crippen molar-refractivity contribution in [3.63, 3.8) is 0 Å². The molecule has 0 amide bonds. The Bertz CT molecular complexity index is 959. The van der Waals surface area contributed by atoms with E-state index in [0.29, 0.717) is 0 Å². The van der Waals surface area contributed by atoms with Crippen molar-refractivity contribution in [3.05, 3.63) is 95.1 Å². The standard InChI is InChI=1S/C28H37N5/c1-2-5-15-29-17-18-33(23-28-14-8-13-26(32-28)11-3-1)22-25-10-7-9-24(19-25)20-30-21-27-12-4-6-16-31-27/h4,6-10,12-14,16,19,29-30H,1-3,5,11,15,17-18,20-23H2. The van der Waals surface area contributed by atoms with Crippen LogP contribution in [0.1, 0.15) is 53.9 Å². The fraction of sp³-hybridized carbons (Fsp3) is 0.429. The van der Waals surface area contributed by atoms with Crippen LogP contribution in [0.4, 0.5) is 0 Å². The van der Waals surface area contributed by atoms with Gasteiger partial charge in [-0.05, 0) is 61.2 Å². The molecule has 0 unspecified atom stereocenters. The first-order valence-electron chi connectivity index (χ1n) is 12.4. The smallest absolute Gasteiger partial charge is 0.0547 e. The van der Waals surface area contributed by atoms with Crippen molar-refractivity contribution in [1.82, 2.24) is 25.5 Å². The lowest BCUT2D eigenvalue weighted by atomic mass is 10.1. The molecule has 2 bridgehead atoms. The van der Waals surface area contributed by atoms with Crippen LogP contribution in [0.15, 0.2) is 66.9 Å². The number of hydrogen-bond donors (Lipinski definition) is 2.